The lowest BCUT2D eigenvalue weighted by molar-refractivity contribution is 0.509. The summed E-state index contributed by atoms with van der Waals surface area (Å²) in [5, 5.41) is 0. The molecule has 0 fully saturated rings. The summed E-state index contributed by atoms with van der Waals surface area (Å²) in [6.07, 6.45) is 11.7. The fourth-order valence-corrected chi connectivity index (χ4v) is 2.65. The van der Waals surface area contributed by atoms with Crippen LogP contribution >= 0.6 is 0 Å². The number of hydrogen-bond acceptors (Lipinski definition) is 1. The summed E-state index contributed by atoms with van der Waals surface area (Å²) in [6, 6.07) is 2.40. The van der Waals surface area contributed by atoms with Crippen molar-refractivity contribution in [1.29, 1.82) is 0 Å². The summed E-state index contributed by atoms with van der Waals surface area (Å²) in [5.41, 5.74) is 1.20. The Hall–Kier alpha value is -1.45. The molecule has 1 heterocycles. The maximum Gasteiger partial charge on any atom is 0.161 e. The number of halogens is 2. The highest BCUT2D eigenvalue weighted by molar-refractivity contribution is 5.75. The molecule has 4 heteroatoms. The predicted octanol–water partition coefficient (Wildman–Crippen LogP) is 5.46. The number of fused-ring (bicyclic) bond motifs is 1. The first-order valence-corrected chi connectivity index (χ1v) is 8.02. The highest BCUT2D eigenvalue weighted by atomic mass is 19.2. The van der Waals surface area contributed by atoms with Crippen LogP contribution in [-0.2, 0) is 6.54 Å². The Kier molecular flexibility index (Phi) is 6.15. The predicted molar refractivity (Wildman–Crippen MR) is 82.3 cm³/mol. The molecule has 0 spiro atoms. The van der Waals surface area contributed by atoms with Crippen LogP contribution in [0.25, 0.3) is 11.0 Å². The Bertz CT molecular complexity index is 563. The van der Waals surface area contributed by atoms with Crippen LogP contribution in [0.15, 0.2) is 18.5 Å². The third-order valence-corrected chi connectivity index (χ3v) is 3.92. The minimum absolute atomic E-state index is 0.522. The standard InChI is InChI=1S/C17H24F2N2/c1-2-3-4-5-6-7-8-9-10-21-13-20-16-11-14(18)15(19)12-17(16)21/h11-13H,2-10H2,1H3. The summed E-state index contributed by atoms with van der Waals surface area (Å²) in [6.45, 7) is 3.04. The fraction of sp³-hybridized carbons (Fsp3) is 0.588. The molecule has 0 aliphatic carbocycles. The first-order valence-electron chi connectivity index (χ1n) is 8.02. The third-order valence-electron chi connectivity index (χ3n) is 3.92. The number of benzene rings is 1. The molecule has 2 rings (SSSR count). The Morgan fingerprint density at radius 1 is 0.905 bits per heavy atom. The maximum absolute atomic E-state index is 13.3. The van der Waals surface area contributed by atoms with Crippen molar-refractivity contribution in [3.8, 4) is 0 Å². The number of aromatic nitrogens is 2. The number of nitrogens with zero attached hydrogens (tertiary/aromatic N) is 2. The summed E-state index contributed by atoms with van der Waals surface area (Å²) in [5.74, 6) is -1.64. The lowest BCUT2D eigenvalue weighted by Gasteiger charge is -2.05. The van der Waals surface area contributed by atoms with Gasteiger partial charge in [-0.25, -0.2) is 13.8 Å². The van der Waals surface area contributed by atoms with Crippen LogP contribution < -0.4 is 0 Å². The summed E-state index contributed by atoms with van der Waals surface area (Å²) in [4.78, 5) is 4.13. The van der Waals surface area contributed by atoms with E-state index in [1.807, 2.05) is 4.57 Å². The van der Waals surface area contributed by atoms with Gasteiger partial charge in [-0.15, -0.1) is 0 Å². The molecule has 0 saturated carbocycles. The van der Waals surface area contributed by atoms with E-state index in [2.05, 4.69) is 11.9 Å². The van der Waals surface area contributed by atoms with E-state index in [9.17, 15) is 8.78 Å². The van der Waals surface area contributed by atoms with E-state index in [-0.39, 0.29) is 0 Å². The van der Waals surface area contributed by atoms with Crippen LogP contribution in [0.4, 0.5) is 8.78 Å². The average molecular weight is 294 g/mol. The molecule has 1 aromatic heterocycles. The van der Waals surface area contributed by atoms with Gasteiger partial charge in [-0.05, 0) is 6.42 Å². The van der Waals surface area contributed by atoms with Crippen LogP contribution in [0.3, 0.4) is 0 Å². The quantitative estimate of drug-likeness (QED) is 0.562. The van der Waals surface area contributed by atoms with E-state index < -0.39 is 11.6 Å². The van der Waals surface area contributed by atoms with E-state index in [0.29, 0.717) is 11.0 Å². The van der Waals surface area contributed by atoms with Crippen molar-refractivity contribution in [2.75, 3.05) is 0 Å². The van der Waals surface area contributed by atoms with E-state index in [4.69, 9.17) is 0 Å². The molecule has 0 radical (unpaired) electrons. The van der Waals surface area contributed by atoms with Gasteiger partial charge in [0.15, 0.2) is 11.6 Å². The number of aryl methyl sites for hydroxylation is 1. The Balaban J connectivity index is 1.75. The number of unbranched alkanes of at least 4 members (excludes halogenated alkanes) is 7. The van der Waals surface area contributed by atoms with Gasteiger partial charge in [-0.3, -0.25) is 0 Å². The highest BCUT2D eigenvalue weighted by Gasteiger charge is 2.08. The van der Waals surface area contributed by atoms with Crippen LogP contribution in [0.2, 0.25) is 0 Å². The number of hydrogen-bond donors (Lipinski definition) is 0. The lowest BCUT2D eigenvalue weighted by atomic mass is 10.1. The Morgan fingerprint density at radius 3 is 2.24 bits per heavy atom. The molecular formula is C17H24F2N2. The van der Waals surface area contributed by atoms with Crippen molar-refractivity contribution in [3.05, 3.63) is 30.1 Å². The van der Waals surface area contributed by atoms with Gasteiger partial charge in [0.05, 0.1) is 17.4 Å². The van der Waals surface area contributed by atoms with E-state index in [0.717, 1.165) is 19.0 Å². The Morgan fingerprint density at radius 2 is 1.52 bits per heavy atom. The summed E-state index contributed by atoms with van der Waals surface area (Å²) >= 11 is 0. The van der Waals surface area contributed by atoms with Crippen molar-refractivity contribution in [2.45, 2.75) is 64.8 Å². The topological polar surface area (TPSA) is 17.8 Å². The van der Waals surface area contributed by atoms with Crippen molar-refractivity contribution >= 4 is 11.0 Å². The van der Waals surface area contributed by atoms with Crippen molar-refractivity contribution in [1.82, 2.24) is 9.55 Å². The molecule has 0 saturated heterocycles. The zero-order valence-electron chi connectivity index (χ0n) is 12.7. The highest BCUT2D eigenvalue weighted by Crippen LogP contribution is 2.18. The Labute approximate surface area is 125 Å². The molecule has 0 atom stereocenters. The molecule has 2 aromatic rings. The molecule has 0 aliphatic heterocycles. The fourth-order valence-electron chi connectivity index (χ4n) is 2.65. The summed E-state index contributed by atoms with van der Waals surface area (Å²) < 4.78 is 28.3. The van der Waals surface area contributed by atoms with Crippen molar-refractivity contribution in [3.63, 3.8) is 0 Å². The molecule has 116 valence electrons. The van der Waals surface area contributed by atoms with Crippen molar-refractivity contribution < 1.29 is 8.78 Å². The minimum atomic E-state index is -0.833. The molecule has 0 N–H and O–H groups in total. The van der Waals surface area contributed by atoms with Crippen molar-refractivity contribution in [2.24, 2.45) is 0 Å². The monoisotopic (exact) mass is 294 g/mol. The lowest BCUT2D eigenvalue weighted by Crippen LogP contribution is -1.97. The van der Waals surface area contributed by atoms with Gasteiger partial charge in [-0.2, -0.15) is 0 Å². The van der Waals surface area contributed by atoms with Gasteiger partial charge in [0, 0.05) is 18.7 Å². The number of rotatable bonds is 9. The zero-order chi connectivity index (χ0) is 15.1. The normalized spacial score (nSPS) is 11.4. The molecule has 0 aliphatic rings. The SMILES string of the molecule is CCCCCCCCCCn1cnc2cc(F)c(F)cc21. The van der Waals surface area contributed by atoms with Gasteiger partial charge in [0.25, 0.3) is 0 Å². The van der Waals surface area contributed by atoms with Crippen LogP contribution in [0.1, 0.15) is 58.3 Å². The van der Waals surface area contributed by atoms with Gasteiger partial charge >= 0.3 is 0 Å². The molecule has 0 amide bonds. The first-order chi connectivity index (χ1) is 10.2. The second kappa shape index (κ2) is 8.11. The molecule has 0 bridgehead atoms. The van der Waals surface area contributed by atoms with E-state index in [1.54, 1.807) is 6.33 Å². The van der Waals surface area contributed by atoms with Gasteiger partial charge < -0.3 is 4.57 Å². The van der Waals surface area contributed by atoms with Gasteiger partial charge in [-0.1, -0.05) is 51.9 Å². The number of imidazole rings is 1. The summed E-state index contributed by atoms with van der Waals surface area (Å²) in [7, 11) is 0. The van der Waals surface area contributed by atoms with E-state index in [1.165, 1.54) is 51.0 Å². The van der Waals surface area contributed by atoms with E-state index >= 15 is 0 Å². The molecule has 1 aromatic carbocycles. The van der Waals surface area contributed by atoms with Gasteiger partial charge in [0.2, 0.25) is 0 Å². The second-order valence-electron chi connectivity index (χ2n) is 5.67. The largest absolute Gasteiger partial charge is 0.331 e. The van der Waals surface area contributed by atoms with Crippen LogP contribution in [0.5, 0.6) is 0 Å². The zero-order valence-corrected chi connectivity index (χ0v) is 12.7. The smallest absolute Gasteiger partial charge is 0.161 e. The van der Waals surface area contributed by atoms with Crippen LogP contribution in [-0.4, -0.2) is 9.55 Å². The average Bonchev–Trinajstić information content (AvgIpc) is 2.85. The molecule has 0 unspecified atom stereocenters. The maximum atomic E-state index is 13.3. The third kappa shape index (κ3) is 4.51. The minimum Gasteiger partial charge on any atom is -0.331 e. The second-order valence-corrected chi connectivity index (χ2v) is 5.67. The molecule has 21 heavy (non-hydrogen) atoms. The molecular weight excluding hydrogens is 270 g/mol. The van der Waals surface area contributed by atoms with Gasteiger partial charge in [0.1, 0.15) is 0 Å². The van der Waals surface area contributed by atoms with Crippen LogP contribution in [0, 0.1) is 11.6 Å². The first kappa shape index (κ1) is 15.9. The molecule has 2 nitrogen and oxygen atoms in total.